The average molecular weight is 330 g/mol. The molecule has 3 aliphatic carbocycles. The highest BCUT2D eigenvalue weighted by Crippen LogP contribution is 2.61. The highest BCUT2D eigenvalue weighted by Gasteiger charge is 2.54. The zero-order valence-corrected chi connectivity index (χ0v) is 15.2. The van der Waals surface area contributed by atoms with Crippen molar-refractivity contribution in [3.8, 4) is 11.5 Å². The summed E-state index contributed by atoms with van der Waals surface area (Å²) >= 11 is 0. The third kappa shape index (κ3) is 2.28. The van der Waals surface area contributed by atoms with Gasteiger partial charge in [0.15, 0.2) is 11.5 Å². The van der Waals surface area contributed by atoms with Crippen molar-refractivity contribution in [2.75, 3.05) is 13.7 Å². The van der Waals surface area contributed by atoms with Gasteiger partial charge in [0.1, 0.15) is 0 Å². The Morgan fingerprint density at radius 2 is 2.00 bits per heavy atom. The molecule has 2 fully saturated rings. The van der Waals surface area contributed by atoms with Crippen LogP contribution in [-0.2, 0) is 6.42 Å². The fourth-order valence-electron chi connectivity index (χ4n) is 5.98. The minimum absolute atomic E-state index is 0.0975. The van der Waals surface area contributed by atoms with Crippen molar-refractivity contribution >= 4 is 0 Å². The summed E-state index contributed by atoms with van der Waals surface area (Å²) in [5.74, 6) is 3.78. The molecule has 24 heavy (non-hydrogen) atoms. The van der Waals surface area contributed by atoms with Crippen LogP contribution in [0.25, 0.3) is 0 Å². The van der Waals surface area contributed by atoms with Gasteiger partial charge in [-0.1, -0.05) is 6.92 Å². The number of fused-ring (bicyclic) bond motifs is 5. The van der Waals surface area contributed by atoms with Crippen molar-refractivity contribution in [1.29, 1.82) is 0 Å². The van der Waals surface area contributed by atoms with E-state index in [-0.39, 0.29) is 11.5 Å². The van der Waals surface area contributed by atoms with E-state index in [2.05, 4.69) is 19.1 Å². The van der Waals surface area contributed by atoms with Crippen molar-refractivity contribution in [2.24, 2.45) is 17.3 Å². The second kappa shape index (κ2) is 5.94. The number of aliphatic hydroxyl groups is 1. The first-order valence-corrected chi connectivity index (χ1v) is 9.60. The summed E-state index contributed by atoms with van der Waals surface area (Å²) in [7, 11) is 1.73. The molecule has 0 radical (unpaired) electrons. The quantitative estimate of drug-likeness (QED) is 0.897. The Morgan fingerprint density at radius 3 is 2.75 bits per heavy atom. The van der Waals surface area contributed by atoms with Crippen LogP contribution in [0.2, 0.25) is 0 Å². The lowest BCUT2D eigenvalue weighted by Gasteiger charge is -2.50. The summed E-state index contributed by atoms with van der Waals surface area (Å²) < 4.78 is 11.4. The number of ether oxygens (including phenoxy) is 2. The molecule has 1 aromatic rings. The highest BCUT2D eigenvalue weighted by molar-refractivity contribution is 5.50. The average Bonchev–Trinajstić information content (AvgIpc) is 2.89. The fraction of sp³-hybridized carbons (Fsp3) is 0.714. The molecule has 0 bridgehead atoms. The predicted octanol–water partition coefficient (Wildman–Crippen LogP) is 4.31. The molecule has 0 aliphatic heterocycles. The predicted molar refractivity (Wildman–Crippen MR) is 94.8 cm³/mol. The second-order valence-corrected chi connectivity index (χ2v) is 8.19. The molecule has 0 amide bonds. The van der Waals surface area contributed by atoms with Crippen LogP contribution in [0.4, 0.5) is 0 Å². The van der Waals surface area contributed by atoms with Gasteiger partial charge < -0.3 is 14.6 Å². The molecule has 3 nitrogen and oxygen atoms in total. The summed E-state index contributed by atoms with van der Waals surface area (Å²) in [5, 5.41) is 10.5. The van der Waals surface area contributed by atoms with E-state index in [0.717, 1.165) is 36.7 Å². The van der Waals surface area contributed by atoms with Gasteiger partial charge in [-0.25, -0.2) is 0 Å². The van der Waals surface area contributed by atoms with E-state index >= 15 is 0 Å². The third-order valence-electron chi connectivity index (χ3n) is 7.26. The summed E-state index contributed by atoms with van der Waals surface area (Å²) in [6, 6.07) is 4.45. The Bertz CT molecular complexity index is 626. The Hall–Kier alpha value is -1.22. The Kier molecular flexibility index (Phi) is 4.03. The Balaban J connectivity index is 1.69. The number of benzene rings is 1. The van der Waals surface area contributed by atoms with Crippen LogP contribution < -0.4 is 9.47 Å². The molecule has 3 unspecified atom stereocenters. The highest BCUT2D eigenvalue weighted by atomic mass is 16.5. The summed E-state index contributed by atoms with van der Waals surface area (Å²) in [5.41, 5.74) is 3.08. The van der Waals surface area contributed by atoms with Crippen molar-refractivity contribution in [3.63, 3.8) is 0 Å². The summed E-state index contributed by atoms with van der Waals surface area (Å²) in [4.78, 5) is 0. The van der Waals surface area contributed by atoms with Crippen molar-refractivity contribution in [2.45, 2.75) is 64.4 Å². The maximum Gasteiger partial charge on any atom is 0.161 e. The normalized spacial score (nSPS) is 37.3. The van der Waals surface area contributed by atoms with Crippen molar-refractivity contribution in [3.05, 3.63) is 23.3 Å². The van der Waals surface area contributed by atoms with E-state index < -0.39 is 0 Å². The first-order chi connectivity index (χ1) is 11.6. The van der Waals surface area contributed by atoms with Crippen LogP contribution in [0.5, 0.6) is 11.5 Å². The van der Waals surface area contributed by atoms with Crippen LogP contribution in [0.15, 0.2) is 12.1 Å². The molecule has 3 aliphatic rings. The van der Waals surface area contributed by atoms with Crippen LogP contribution in [0.1, 0.15) is 63.0 Å². The van der Waals surface area contributed by atoms with E-state index in [1.165, 1.54) is 30.4 Å². The standard InChI is InChI=1S/C21H30O3/c1-4-24-19-11-13-5-6-15-14(16(13)12-18(19)23-3)9-10-21(2)17(15)7-8-20(21)22/h11-12,14-15,17,20,22H,4-10H2,1-3H3/t14?,15?,17?,20-,21-/m0/s1. The van der Waals surface area contributed by atoms with Crippen molar-refractivity contribution in [1.82, 2.24) is 0 Å². The third-order valence-corrected chi connectivity index (χ3v) is 7.26. The molecule has 4 rings (SSSR count). The summed E-state index contributed by atoms with van der Waals surface area (Å²) in [6.45, 7) is 5.02. The lowest BCUT2D eigenvalue weighted by atomic mass is 9.55. The number of hydrogen-bond acceptors (Lipinski definition) is 3. The van der Waals surface area contributed by atoms with Gasteiger partial charge in [-0.15, -0.1) is 0 Å². The van der Waals surface area contributed by atoms with E-state index in [4.69, 9.17) is 9.47 Å². The SMILES string of the molecule is CCOc1cc2c(cc1OC)C1CC[C@@]3(C)C(CC[C@@H]3O)C1CC2. The molecule has 3 heteroatoms. The van der Waals surface area contributed by atoms with Gasteiger partial charge in [-0.3, -0.25) is 0 Å². The van der Waals surface area contributed by atoms with E-state index in [0.29, 0.717) is 18.4 Å². The maximum atomic E-state index is 10.5. The minimum atomic E-state index is -0.0975. The molecule has 0 heterocycles. The lowest BCUT2D eigenvalue weighted by Crippen LogP contribution is -2.43. The Morgan fingerprint density at radius 1 is 1.17 bits per heavy atom. The molecular formula is C21H30O3. The number of rotatable bonds is 3. The van der Waals surface area contributed by atoms with Gasteiger partial charge in [-0.2, -0.15) is 0 Å². The molecule has 1 N–H and O–H groups in total. The second-order valence-electron chi connectivity index (χ2n) is 8.19. The lowest BCUT2D eigenvalue weighted by molar-refractivity contribution is -0.0226. The van der Waals surface area contributed by atoms with Gasteiger partial charge in [0.05, 0.1) is 19.8 Å². The fourth-order valence-corrected chi connectivity index (χ4v) is 5.98. The maximum absolute atomic E-state index is 10.5. The van der Waals surface area contributed by atoms with Gasteiger partial charge in [-0.05, 0) is 91.9 Å². The number of aliphatic hydroxyl groups excluding tert-OH is 1. The van der Waals surface area contributed by atoms with E-state index in [1.807, 2.05) is 6.92 Å². The van der Waals surface area contributed by atoms with Crippen molar-refractivity contribution < 1.29 is 14.6 Å². The molecule has 0 spiro atoms. The van der Waals surface area contributed by atoms with Gasteiger partial charge in [0.2, 0.25) is 0 Å². The van der Waals surface area contributed by atoms with E-state index in [1.54, 1.807) is 7.11 Å². The van der Waals surface area contributed by atoms with Crippen LogP contribution in [-0.4, -0.2) is 24.9 Å². The van der Waals surface area contributed by atoms with Crippen LogP contribution >= 0.6 is 0 Å². The zero-order chi connectivity index (χ0) is 16.9. The zero-order valence-electron chi connectivity index (χ0n) is 15.2. The van der Waals surface area contributed by atoms with Gasteiger partial charge >= 0.3 is 0 Å². The molecule has 0 aromatic heterocycles. The van der Waals surface area contributed by atoms with Crippen LogP contribution in [0, 0.1) is 17.3 Å². The van der Waals surface area contributed by atoms with Gasteiger partial charge in [0.25, 0.3) is 0 Å². The topological polar surface area (TPSA) is 38.7 Å². The number of hydrogen-bond donors (Lipinski definition) is 1. The first-order valence-electron chi connectivity index (χ1n) is 9.60. The smallest absolute Gasteiger partial charge is 0.161 e. The van der Waals surface area contributed by atoms with E-state index in [9.17, 15) is 5.11 Å². The number of aryl methyl sites for hydroxylation is 1. The minimum Gasteiger partial charge on any atom is -0.493 e. The molecule has 132 valence electrons. The molecule has 1 aromatic carbocycles. The molecule has 0 saturated heterocycles. The number of methoxy groups -OCH3 is 1. The van der Waals surface area contributed by atoms with Gasteiger partial charge in [0, 0.05) is 0 Å². The molecule has 5 atom stereocenters. The first kappa shape index (κ1) is 16.3. The van der Waals surface area contributed by atoms with Crippen LogP contribution in [0.3, 0.4) is 0 Å². The summed E-state index contributed by atoms with van der Waals surface area (Å²) in [6.07, 6.45) is 6.81. The monoisotopic (exact) mass is 330 g/mol. The Labute approximate surface area is 145 Å². The largest absolute Gasteiger partial charge is 0.493 e. The molecule has 2 saturated carbocycles. The molecular weight excluding hydrogens is 300 g/mol.